The van der Waals surface area contributed by atoms with E-state index in [2.05, 4.69) is 0 Å². The molecule has 0 fully saturated rings. The van der Waals surface area contributed by atoms with Crippen molar-refractivity contribution in [1.82, 2.24) is 0 Å². The number of nitrogens with two attached hydrogens (primary N) is 1. The molecule has 0 bridgehead atoms. The van der Waals surface area contributed by atoms with Crippen LogP contribution in [0.1, 0.15) is 37.9 Å². The fraction of sp³-hybridized carbons (Fsp3) is 0.462. The summed E-state index contributed by atoms with van der Waals surface area (Å²) in [5.74, 6) is -0.805. The molecule has 0 aliphatic rings. The molecule has 18 heavy (non-hydrogen) atoms. The number of phenols is 1. The van der Waals surface area contributed by atoms with Crippen molar-refractivity contribution in [1.29, 1.82) is 0 Å². The molecule has 1 atom stereocenters. The van der Waals surface area contributed by atoms with E-state index >= 15 is 0 Å². The average Bonchev–Trinajstić information content (AvgIpc) is 2.26. The van der Waals surface area contributed by atoms with E-state index in [1.807, 2.05) is 20.8 Å². The lowest BCUT2D eigenvalue weighted by Gasteiger charge is -2.24. The summed E-state index contributed by atoms with van der Waals surface area (Å²) >= 11 is 0. The van der Waals surface area contributed by atoms with Gasteiger partial charge < -0.3 is 20.7 Å². The molecule has 0 saturated carbocycles. The summed E-state index contributed by atoms with van der Waals surface area (Å²) in [4.78, 5) is 10.9. The highest BCUT2D eigenvalue weighted by Crippen LogP contribution is 2.38. The first-order valence-corrected chi connectivity index (χ1v) is 5.58. The van der Waals surface area contributed by atoms with E-state index in [0.717, 1.165) is 0 Å². The summed E-state index contributed by atoms with van der Waals surface area (Å²) in [5, 5.41) is 19.1. The second kappa shape index (κ2) is 4.86. The molecule has 4 N–H and O–H groups in total. The number of carboxylic acids is 1. The van der Waals surface area contributed by atoms with Gasteiger partial charge in [-0.25, -0.2) is 0 Å². The predicted octanol–water partition coefficient (Wildman–Crippen LogP) is 1.78. The Morgan fingerprint density at radius 3 is 2.33 bits per heavy atom. The normalized spacial score (nSPS) is 13.2. The summed E-state index contributed by atoms with van der Waals surface area (Å²) in [6.45, 7) is 5.74. The molecule has 100 valence electrons. The quantitative estimate of drug-likeness (QED) is 0.763. The summed E-state index contributed by atoms with van der Waals surface area (Å²) < 4.78 is 5.12. The van der Waals surface area contributed by atoms with Gasteiger partial charge in [0.2, 0.25) is 0 Å². The molecule has 5 nitrogen and oxygen atoms in total. The first-order valence-electron chi connectivity index (χ1n) is 5.58. The average molecular weight is 253 g/mol. The van der Waals surface area contributed by atoms with E-state index in [9.17, 15) is 9.90 Å². The molecule has 1 aromatic carbocycles. The van der Waals surface area contributed by atoms with E-state index in [-0.39, 0.29) is 16.7 Å². The maximum Gasteiger partial charge on any atom is 0.325 e. The fourth-order valence-corrected chi connectivity index (χ4v) is 1.69. The Balaban J connectivity index is 3.48. The van der Waals surface area contributed by atoms with Crippen LogP contribution in [0.3, 0.4) is 0 Å². The van der Waals surface area contributed by atoms with Crippen LogP contribution in [0.15, 0.2) is 12.1 Å². The zero-order chi connectivity index (χ0) is 14.1. The van der Waals surface area contributed by atoms with E-state index in [4.69, 9.17) is 15.6 Å². The molecule has 0 heterocycles. The van der Waals surface area contributed by atoms with Gasteiger partial charge in [-0.15, -0.1) is 0 Å². The smallest absolute Gasteiger partial charge is 0.325 e. The minimum atomic E-state index is -1.28. The Morgan fingerprint density at radius 2 is 1.94 bits per heavy atom. The molecule has 0 amide bonds. The Morgan fingerprint density at radius 1 is 1.39 bits per heavy atom. The largest absolute Gasteiger partial charge is 0.507 e. The summed E-state index contributed by atoms with van der Waals surface area (Å²) in [6, 6.07) is 1.86. The van der Waals surface area contributed by atoms with Crippen molar-refractivity contribution in [3.63, 3.8) is 0 Å². The van der Waals surface area contributed by atoms with Crippen molar-refractivity contribution in [2.45, 2.75) is 32.2 Å². The molecule has 0 aliphatic carbocycles. The van der Waals surface area contributed by atoms with E-state index < -0.39 is 12.0 Å². The number of carboxylic acid groups (broad SMARTS) is 1. The number of carbonyl (C=O) groups is 1. The van der Waals surface area contributed by atoms with Crippen LogP contribution < -0.4 is 10.5 Å². The fourth-order valence-electron chi connectivity index (χ4n) is 1.69. The molecule has 0 aliphatic heterocycles. The van der Waals surface area contributed by atoms with Crippen molar-refractivity contribution in [2.75, 3.05) is 7.11 Å². The topological polar surface area (TPSA) is 92.8 Å². The van der Waals surface area contributed by atoms with Gasteiger partial charge >= 0.3 is 5.97 Å². The molecule has 0 aromatic heterocycles. The zero-order valence-corrected chi connectivity index (χ0v) is 11.0. The van der Waals surface area contributed by atoms with Gasteiger partial charge in [-0.2, -0.15) is 0 Å². The molecule has 1 aromatic rings. The number of aromatic hydroxyl groups is 1. The predicted molar refractivity (Wildman–Crippen MR) is 67.9 cm³/mol. The lowest BCUT2D eigenvalue weighted by molar-refractivity contribution is -0.138. The SMILES string of the molecule is COc1cc(C(N)C(=O)O)c(O)c(C(C)(C)C)c1. The van der Waals surface area contributed by atoms with Crippen LogP contribution in [0.4, 0.5) is 0 Å². The van der Waals surface area contributed by atoms with Crippen LogP contribution >= 0.6 is 0 Å². The molecule has 5 heteroatoms. The number of rotatable bonds is 3. The second-order valence-corrected chi connectivity index (χ2v) is 5.18. The highest BCUT2D eigenvalue weighted by Gasteiger charge is 2.26. The third-order valence-corrected chi connectivity index (χ3v) is 2.76. The van der Waals surface area contributed by atoms with Crippen LogP contribution in [0.5, 0.6) is 11.5 Å². The van der Waals surface area contributed by atoms with E-state index in [1.54, 1.807) is 6.07 Å². The molecule has 1 unspecified atom stereocenters. The van der Waals surface area contributed by atoms with Crippen molar-refractivity contribution in [3.8, 4) is 11.5 Å². The first kappa shape index (κ1) is 14.3. The standard InChI is InChI=1S/C13H19NO4/c1-13(2,3)9-6-7(18-4)5-8(11(9)15)10(14)12(16)17/h5-6,10,15H,14H2,1-4H3,(H,16,17). The van der Waals surface area contributed by atoms with Gasteiger partial charge in [0.1, 0.15) is 17.5 Å². The Kier molecular flexibility index (Phi) is 3.86. The number of benzene rings is 1. The molecule has 1 rings (SSSR count). The van der Waals surface area contributed by atoms with Gasteiger partial charge in [0.05, 0.1) is 7.11 Å². The lowest BCUT2D eigenvalue weighted by Crippen LogP contribution is -2.22. The van der Waals surface area contributed by atoms with Crippen molar-refractivity contribution >= 4 is 5.97 Å². The monoisotopic (exact) mass is 253 g/mol. The van der Waals surface area contributed by atoms with Gasteiger partial charge in [-0.05, 0) is 17.5 Å². The van der Waals surface area contributed by atoms with Gasteiger partial charge in [0.25, 0.3) is 0 Å². The molecule has 0 radical (unpaired) electrons. The third kappa shape index (κ3) is 2.73. The Hall–Kier alpha value is -1.75. The van der Waals surface area contributed by atoms with Crippen molar-refractivity contribution in [3.05, 3.63) is 23.3 Å². The van der Waals surface area contributed by atoms with Crippen LogP contribution in [0.2, 0.25) is 0 Å². The molecular weight excluding hydrogens is 234 g/mol. The van der Waals surface area contributed by atoms with Gasteiger partial charge in [0, 0.05) is 11.1 Å². The number of ether oxygens (including phenoxy) is 1. The van der Waals surface area contributed by atoms with Crippen molar-refractivity contribution in [2.24, 2.45) is 5.73 Å². The minimum absolute atomic E-state index is 0.0850. The second-order valence-electron chi connectivity index (χ2n) is 5.18. The summed E-state index contributed by atoms with van der Waals surface area (Å²) in [7, 11) is 1.48. The minimum Gasteiger partial charge on any atom is -0.507 e. The number of aliphatic carboxylic acids is 1. The van der Waals surface area contributed by atoms with Gasteiger partial charge in [0.15, 0.2) is 0 Å². The summed E-state index contributed by atoms with van der Waals surface area (Å²) in [5.41, 5.74) is 5.98. The maximum atomic E-state index is 10.9. The maximum absolute atomic E-state index is 10.9. The molecular formula is C13H19NO4. The lowest BCUT2D eigenvalue weighted by atomic mass is 9.84. The van der Waals surface area contributed by atoms with Crippen LogP contribution in [0.25, 0.3) is 0 Å². The third-order valence-electron chi connectivity index (χ3n) is 2.76. The number of phenolic OH excluding ortho intramolecular Hbond substituents is 1. The van der Waals surface area contributed by atoms with Gasteiger partial charge in [-0.1, -0.05) is 20.8 Å². The highest BCUT2D eigenvalue weighted by molar-refractivity contribution is 5.77. The zero-order valence-electron chi connectivity index (χ0n) is 11.0. The highest BCUT2D eigenvalue weighted by atomic mass is 16.5. The van der Waals surface area contributed by atoms with Crippen LogP contribution in [-0.2, 0) is 10.2 Å². The van der Waals surface area contributed by atoms with E-state index in [0.29, 0.717) is 11.3 Å². The first-order chi connectivity index (χ1) is 8.18. The Bertz CT molecular complexity index is 463. The van der Waals surface area contributed by atoms with Crippen LogP contribution in [-0.4, -0.2) is 23.3 Å². The van der Waals surface area contributed by atoms with Crippen molar-refractivity contribution < 1.29 is 19.7 Å². The van der Waals surface area contributed by atoms with Crippen LogP contribution in [0, 0.1) is 0 Å². The van der Waals surface area contributed by atoms with E-state index in [1.165, 1.54) is 13.2 Å². The number of methoxy groups -OCH3 is 1. The molecule has 0 saturated heterocycles. The number of hydrogen-bond donors (Lipinski definition) is 3. The van der Waals surface area contributed by atoms with Gasteiger partial charge in [-0.3, -0.25) is 4.79 Å². The Labute approximate surface area is 106 Å². The summed E-state index contributed by atoms with van der Waals surface area (Å²) in [6.07, 6.45) is 0. The number of hydrogen-bond acceptors (Lipinski definition) is 4. The molecule has 0 spiro atoms.